The summed E-state index contributed by atoms with van der Waals surface area (Å²) in [6, 6.07) is 6.86. The molecule has 0 bridgehead atoms. The Hall–Kier alpha value is -0.720. The van der Waals surface area contributed by atoms with Crippen LogP contribution in [0.1, 0.15) is 62.2 Å². The third-order valence-electron chi connectivity index (χ3n) is 3.53. The topological polar surface area (TPSA) is 60.4 Å². The lowest BCUT2D eigenvalue weighted by molar-refractivity contribution is 0.0785. The molecular formula is C17H25BrO4S. The van der Waals surface area contributed by atoms with Crippen molar-refractivity contribution in [2.45, 2.75) is 58.0 Å². The Morgan fingerprint density at radius 3 is 2.22 bits per heavy atom. The molecule has 23 heavy (non-hydrogen) atoms. The summed E-state index contributed by atoms with van der Waals surface area (Å²) in [5.41, 5.74) is 0.466. The summed E-state index contributed by atoms with van der Waals surface area (Å²) in [5.74, 6) is -0.281. The zero-order valence-electron chi connectivity index (χ0n) is 13.8. The van der Waals surface area contributed by atoms with Gasteiger partial charge in [-0.1, -0.05) is 73.5 Å². The normalized spacial score (nSPS) is 13.0. The Labute approximate surface area is 147 Å². The van der Waals surface area contributed by atoms with Gasteiger partial charge in [0.05, 0.1) is 6.26 Å². The summed E-state index contributed by atoms with van der Waals surface area (Å²) in [6.45, 7) is 2.16. The first-order valence-electron chi connectivity index (χ1n) is 8.01. The van der Waals surface area contributed by atoms with Gasteiger partial charge in [0.2, 0.25) is 0 Å². The van der Waals surface area contributed by atoms with Gasteiger partial charge in [-0.25, -0.2) is 0 Å². The van der Waals surface area contributed by atoms with Crippen LogP contribution in [0.4, 0.5) is 0 Å². The first-order chi connectivity index (χ1) is 10.8. The summed E-state index contributed by atoms with van der Waals surface area (Å²) in [7, 11) is -3.67. The highest BCUT2D eigenvalue weighted by atomic mass is 79.9. The maximum absolute atomic E-state index is 12.5. The summed E-state index contributed by atoms with van der Waals surface area (Å²) in [6.07, 6.45) is 6.91. The molecular weight excluding hydrogens is 380 g/mol. The minimum absolute atomic E-state index is 0.281. The quantitative estimate of drug-likeness (QED) is 0.304. The molecule has 0 aliphatic rings. The van der Waals surface area contributed by atoms with Gasteiger partial charge in [0.15, 0.2) is 5.78 Å². The molecule has 6 heteroatoms. The van der Waals surface area contributed by atoms with Gasteiger partial charge >= 0.3 is 0 Å². The van der Waals surface area contributed by atoms with E-state index in [1.807, 2.05) is 0 Å². The molecule has 0 N–H and O–H groups in total. The van der Waals surface area contributed by atoms with Crippen LogP contribution in [-0.4, -0.2) is 26.6 Å². The molecule has 1 rings (SSSR count). The summed E-state index contributed by atoms with van der Waals surface area (Å²) >= 11 is 3.31. The number of carbonyl (C=O) groups is 1. The number of unbranched alkanes of at least 4 members (excludes halogenated alkanes) is 5. The SMILES string of the molecule is CCCCCCCCC(OS(C)(=O)=O)C(=O)c1ccc(Br)cc1. The Balaban J connectivity index is 2.64. The molecule has 0 saturated carbocycles. The van der Waals surface area contributed by atoms with Gasteiger partial charge in [0.1, 0.15) is 6.10 Å². The van der Waals surface area contributed by atoms with Crippen LogP contribution in [0.2, 0.25) is 0 Å². The highest BCUT2D eigenvalue weighted by Gasteiger charge is 2.24. The van der Waals surface area contributed by atoms with E-state index in [0.29, 0.717) is 12.0 Å². The highest BCUT2D eigenvalue weighted by Crippen LogP contribution is 2.18. The third kappa shape index (κ3) is 8.63. The van der Waals surface area contributed by atoms with E-state index in [0.717, 1.165) is 30.0 Å². The molecule has 1 atom stereocenters. The van der Waals surface area contributed by atoms with Crippen molar-refractivity contribution in [1.82, 2.24) is 0 Å². The standard InChI is InChI=1S/C17H25BrO4S/c1-3-4-5-6-7-8-9-16(22-23(2,20)21)17(19)14-10-12-15(18)13-11-14/h10-13,16H,3-9H2,1-2H3. The molecule has 0 amide bonds. The van der Waals surface area contributed by atoms with Crippen LogP contribution in [0.3, 0.4) is 0 Å². The summed E-state index contributed by atoms with van der Waals surface area (Å²) in [5, 5.41) is 0. The Morgan fingerprint density at radius 1 is 1.09 bits per heavy atom. The Kier molecular flexibility index (Phi) is 9.02. The molecule has 0 radical (unpaired) electrons. The van der Waals surface area contributed by atoms with Gasteiger partial charge in [-0.15, -0.1) is 0 Å². The van der Waals surface area contributed by atoms with Crippen molar-refractivity contribution in [1.29, 1.82) is 0 Å². The van der Waals surface area contributed by atoms with Crippen molar-refractivity contribution >= 4 is 31.8 Å². The first-order valence-corrected chi connectivity index (χ1v) is 10.6. The van der Waals surface area contributed by atoms with Crippen LogP contribution in [0.25, 0.3) is 0 Å². The van der Waals surface area contributed by atoms with Gasteiger partial charge in [-0.3, -0.25) is 8.98 Å². The Bertz CT molecular complexity index is 581. The molecule has 0 spiro atoms. The monoisotopic (exact) mass is 404 g/mol. The average molecular weight is 405 g/mol. The predicted octanol–water partition coefficient (Wildman–Crippen LogP) is 4.73. The molecule has 1 unspecified atom stereocenters. The van der Waals surface area contributed by atoms with Crippen LogP contribution < -0.4 is 0 Å². The molecule has 0 fully saturated rings. The summed E-state index contributed by atoms with van der Waals surface area (Å²) < 4.78 is 28.7. The van der Waals surface area contributed by atoms with Crippen LogP contribution in [0.5, 0.6) is 0 Å². The largest absolute Gasteiger partial charge is 0.291 e. The molecule has 0 heterocycles. The highest BCUT2D eigenvalue weighted by molar-refractivity contribution is 9.10. The van der Waals surface area contributed by atoms with Crippen molar-refractivity contribution < 1.29 is 17.4 Å². The van der Waals surface area contributed by atoms with Gasteiger partial charge in [0.25, 0.3) is 10.1 Å². The van der Waals surface area contributed by atoms with E-state index in [-0.39, 0.29) is 5.78 Å². The van der Waals surface area contributed by atoms with E-state index < -0.39 is 16.2 Å². The molecule has 0 saturated heterocycles. The number of hydrogen-bond acceptors (Lipinski definition) is 4. The van der Waals surface area contributed by atoms with E-state index in [9.17, 15) is 13.2 Å². The van der Waals surface area contributed by atoms with Crippen molar-refractivity contribution in [3.05, 3.63) is 34.3 Å². The molecule has 1 aromatic carbocycles. The smallest absolute Gasteiger partial charge is 0.265 e. The van der Waals surface area contributed by atoms with Crippen LogP contribution >= 0.6 is 15.9 Å². The number of halogens is 1. The van der Waals surface area contributed by atoms with E-state index in [4.69, 9.17) is 4.18 Å². The fourth-order valence-electron chi connectivity index (χ4n) is 2.34. The maximum atomic E-state index is 12.5. The second kappa shape index (κ2) is 10.2. The molecule has 0 aromatic heterocycles. The first kappa shape index (κ1) is 20.3. The van der Waals surface area contributed by atoms with Crippen molar-refractivity contribution in [2.24, 2.45) is 0 Å². The lowest BCUT2D eigenvalue weighted by Gasteiger charge is -2.15. The maximum Gasteiger partial charge on any atom is 0.265 e. The van der Waals surface area contributed by atoms with E-state index in [1.54, 1.807) is 24.3 Å². The fraction of sp³-hybridized carbons (Fsp3) is 0.588. The van der Waals surface area contributed by atoms with Crippen LogP contribution in [-0.2, 0) is 14.3 Å². The molecule has 0 aliphatic carbocycles. The third-order valence-corrected chi connectivity index (χ3v) is 4.64. The fourth-order valence-corrected chi connectivity index (χ4v) is 3.21. The minimum Gasteiger partial charge on any atom is -0.291 e. The van der Waals surface area contributed by atoms with Crippen LogP contribution in [0, 0.1) is 0 Å². The number of carbonyl (C=O) groups excluding carboxylic acids is 1. The van der Waals surface area contributed by atoms with Crippen molar-refractivity contribution in [3.8, 4) is 0 Å². The van der Waals surface area contributed by atoms with E-state index in [2.05, 4.69) is 22.9 Å². The van der Waals surface area contributed by atoms with E-state index >= 15 is 0 Å². The second-order valence-electron chi connectivity index (χ2n) is 5.72. The number of hydrogen-bond donors (Lipinski definition) is 0. The van der Waals surface area contributed by atoms with Gasteiger partial charge < -0.3 is 0 Å². The second-order valence-corrected chi connectivity index (χ2v) is 8.23. The lowest BCUT2D eigenvalue weighted by atomic mass is 10.0. The average Bonchev–Trinajstić information content (AvgIpc) is 2.48. The number of Topliss-reactive ketones (excluding diaryl/α,β-unsaturated/α-hetero) is 1. The Morgan fingerprint density at radius 2 is 1.65 bits per heavy atom. The van der Waals surface area contributed by atoms with Gasteiger partial charge in [-0.2, -0.15) is 8.42 Å². The zero-order valence-corrected chi connectivity index (χ0v) is 16.2. The van der Waals surface area contributed by atoms with Crippen molar-refractivity contribution in [3.63, 3.8) is 0 Å². The molecule has 1 aromatic rings. The van der Waals surface area contributed by atoms with Gasteiger partial charge in [-0.05, 0) is 18.6 Å². The van der Waals surface area contributed by atoms with Gasteiger partial charge in [0, 0.05) is 10.0 Å². The van der Waals surface area contributed by atoms with Crippen molar-refractivity contribution in [2.75, 3.05) is 6.26 Å². The zero-order chi connectivity index (χ0) is 17.3. The molecule has 0 aliphatic heterocycles. The lowest BCUT2D eigenvalue weighted by Crippen LogP contribution is -2.27. The molecule has 4 nitrogen and oxygen atoms in total. The predicted molar refractivity (Wildman–Crippen MR) is 96.2 cm³/mol. The summed E-state index contributed by atoms with van der Waals surface area (Å²) in [4.78, 5) is 12.5. The van der Waals surface area contributed by atoms with E-state index in [1.165, 1.54) is 19.3 Å². The number of ketones is 1. The number of benzene rings is 1. The molecule has 130 valence electrons. The number of rotatable bonds is 11. The minimum atomic E-state index is -3.67. The van der Waals surface area contributed by atoms with Crippen LogP contribution in [0.15, 0.2) is 28.7 Å².